The van der Waals surface area contributed by atoms with E-state index >= 15 is 0 Å². The van der Waals surface area contributed by atoms with Crippen LogP contribution in [0.1, 0.15) is 41.0 Å². The minimum absolute atomic E-state index is 0.126. The molecule has 8 heteroatoms. The van der Waals surface area contributed by atoms with Crippen LogP contribution < -0.4 is 16.0 Å². The van der Waals surface area contributed by atoms with Crippen LogP contribution in [0.2, 0.25) is 0 Å². The van der Waals surface area contributed by atoms with Crippen LogP contribution in [-0.2, 0) is 14.3 Å². The summed E-state index contributed by atoms with van der Waals surface area (Å²) in [6, 6.07) is 1.05. The zero-order chi connectivity index (χ0) is 18.0. The Labute approximate surface area is 136 Å². The number of hydrogen-bond acceptors (Lipinski definition) is 5. The van der Waals surface area contributed by atoms with E-state index in [1.807, 2.05) is 13.8 Å². The quantitative estimate of drug-likeness (QED) is 0.594. The number of nitrogens with one attached hydrogen (secondary N) is 3. The molecule has 0 aliphatic rings. The fraction of sp³-hybridized carbons (Fsp3) is 0.733. The number of carbonyl (C=O) groups excluding carboxylic acids is 3. The summed E-state index contributed by atoms with van der Waals surface area (Å²) in [5, 5.41) is 15.8. The average Bonchev–Trinajstić information content (AvgIpc) is 2.39. The van der Waals surface area contributed by atoms with Gasteiger partial charge in [-0.2, -0.15) is 5.26 Å². The van der Waals surface area contributed by atoms with E-state index in [1.165, 1.54) is 0 Å². The van der Waals surface area contributed by atoms with Crippen molar-refractivity contribution in [3.63, 3.8) is 0 Å². The summed E-state index contributed by atoms with van der Waals surface area (Å²) >= 11 is 0. The van der Waals surface area contributed by atoms with Crippen molar-refractivity contribution in [2.24, 2.45) is 5.92 Å². The monoisotopic (exact) mass is 326 g/mol. The highest BCUT2D eigenvalue weighted by Gasteiger charge is 2.22. The normalized spacial score (nSPS) is 12.0. The van der Waals surface area contributed by atoms with Crippen molar-refractivity contribution < 1.29 is 19.1 Å². The highest BCUT2D eigenvalue weighted by Crippen LogP contribution is 2.06. The van der Waals surface area contributed by atoms with Gasteiger partial charge < -0.3 is 20.7 Å². The maximum absolute atomic E-state index is 11.9. The lowest BCUT2D eigenvalue weighted by molar-refractivity contribution is -0.128. The molecule has 0 unspecified atom stereocenters. The molecule has 8 nitrogen and oxygen atoms in total. The van der Waals surface area contributed by atoms with Crippen molar-refractivity contribution in [1.82, 2.24) is 16.0 Å². The predicted molar refractivity (Wildman–Crippen MR) is 84.2 cm³/mol. The van der Waals surface area contributed by atoms with E-state index in [4.69, 9.17) is 10.00 Å². The first-order chi connectivity index (χ1) is 10.5. The Morgan fingerprint density at radius 1 is 1.17 bits per heavy atom. The van der Waals surface area contributed by atoms with Gasteiger partial charge in [0.15, 0.2) is 0 Å². The Morgan fingerprint density at radius 3 is 2.26 bits per heavy atom. The number of hydrogen-bond donors (Lipinski definition) is 3. The minimum Gasteiger partial charge on any atom is -0.444 e. The molecule has 0 spiro atoms. The number of carbonyl (C=O) groups is 3. The van der Waals surface area contributed by atoms with E-state index in [0.29, 0.717) is 6.42 Å². The number of nitriles is 1. The van der Waals surface area contributed by atoms with Gasteiger partial charge in [-0.1, -0.05) is 13.8 Å². The van der Waals surface area contributed by atoms with E-state index < -0.39 is 29.6 Å². The average molecular weight is 326 g/mol. The summed E-state index contributed by atoms with van der Waals surface area (Å²) in [5.41, 5.74) is -0.655. The molecule has 0 bridgehead atoms. The smallest absolute Gasteiger partial charge is 0.408 e. The fourth-order valence-corrected chi connectivity index (χ4v) is 1.66. The van der Waals surface area contributed by atoms with Gasteiger partial charge in [0.05, 0.1) is 6.07 Å². The molecule has 0 radical (unpaired) electrons. The fourth-order valence-electron chi connectivity index (χ4n) is 1.66. The molecule has 0 aromatic heterocycles. The summed E-state index contributed by atoms with van der Waals surface area (Å²) in [5.74, 6) is -0.758. The van der Waals surface area contributed by atoms with Gasteiger partial charge in [-0.25, -0.2) is 4.79 Å². The second kappa shape index (κ2) is 9.66. The second-order valence-corrected chi connectivity index (χ2v) is 6.48. The summed E-state index contributed by atoms with van der Waals surface area (Å²) < 4.78 is 5.01. The van der Waals surface area contributed by atoms with Gasteiger partial charge in [-0.05, 0) is 33.1 Å². The lowest BCUT2D eigenvalue weighted by Gasteiger charge is -2.21. The van der Waals surface area contributed by atoms with Crippen LogP contribution in [0.5, 0.6) is 0 Å². The third-order valence-corrected chi connectivity index (χ3v) is 2.49. The Balaban J connectivity index is 4.46. The van der Waals surface area contributed by atoms with Crippen LogP contribution in [0.3, 0.4) is 0 Å². The van der Waals surface area contributed by atoms with E-state index in [9.17, 15) is 14.4 Å². The van der Waals surface area contributed by atoms with Gasteiger partial charge >= 0.3 is 6.09 Å². The molecule has 1 atom stereocenters. The molecule has 0 fully saturated rings. The van der Waals surface area contributed by atoms with Crippen LogP contribution >= 0.6 is 0 Å². The van der Waals surface area contributed by atoms with Crippen LogP contribution in [0.4, 0.5) is 4.79 Å². The van der Waals surface area contributed by atoms with Crippen molar-refractivity contribution in [2.75, 3.05) is 13.1 Å². The third-order valence-electron chi connectivity index (χ3n) is 2.49. The Bertz CT molecular complexity index is 463. The van der Waals surface area contributed by atoms with Crippen LogP contribution in [0.25, 0.3) is 0 Å². The molecule has 23 heavy (non-hydrogen) atoms. The van der Waals surface area contributed by atoms with Crippen molar-refractivity contribution in [3.05, 3.63) is 0 Å². The minimum atomic E-state index is -0.753. The van der Waals surface area contributed by atoms with Crippen molar-refractivity contribution >= 4 is 17.9 Å². The Kier molecular flexibility index (Phi) is 8.70. The van der Waals surface area contributed by atoms with Gasteiger partial charge in [-0.3, -0.25) is 9.59 Å². The first-order valence-corrected chi connectivity index (χ1v) is 7.46. The molecule has 0 saturated heterocycles. The van der Waals surface area contributed by atoms with E-state index in [-0.39, 0.29) is 19.0 Å². The number of rotatable bonds is 7. The summed E-state index contributed by atoms with van der Waals surface area (Å²) in [6.07, 6.45) is -0.280. The van der Waals surface area contributed by atoms with Crippen LogP contribution in [0.15, 0.2) is 0 Å². The molecule has 0 heterocycles. The largest absolute Gasteiger partial charge is 0.444 e. The van der Waals surface area contributed by atoms with Gasteiger partial charge in [0.2, 0.25) is 11.8 Å². The highest BCUT2D eigenvalue weighted by atomic mass is 16.6. The van der Waals surface area contributed by atoms with E-state index in [2.05, 4.69) is 16.0 Å². The zero-order valence-corrected chi connectivity index (χ0v) is 14.4. The first-order valence-electron chi connectivity index (χ1n) is 7.46. The molecule has 0 saturated carbocycles. The summed E-state index contributed by atoms with van der Waals surface area (Å²) in [4.78, 5) is 35.2. The summed E-state index contributed by atoms with van der Waals surface area (Å²) in [6.45, 7) is 8.54. The number of amides is 3. The van der Waals surface area contributed by atoms with Gasteiger partial charge in [0.1, 0.15) is 24.7 Å². The second-order valence-electron chi connectivity index (χ2n) is 6.48. The van der Waals surface area contributed by atoms with Gasteiger partial charge in [0, 0.05) is 0 Å². The number of nitrogens with zero attached hydrogens (tertiary/aromatic N) is 1. The van der Waals surface area contributed by atoms with Gasteiger partial charge in [0.25, 0.3) is 0 Å². The Morgan fingerprint density at radius 2 is 1.78 bits per heavy atom. The maximum Gasteiger partial charge on any atom is 0.408 e. The van der Waals surface area contributed by atoms with Crippen LogP contribution in [-0.4, -0.2) is 42.6 Å². The molecule has 0 aliphatic carbocycles. The molecule has 0 rings (SSSR count). The lowest BCUT2D eigenvalue weighted by atomic mass is 10.0. The SMILES string of the molecule is CC(C)C[C@H](NC(=O)CNC(=O)OC(C)(C)C)C(=O)NCC#N. The predicted octanol–water partition coefficient (Wildman–Crippen LogP) is 0.682. The molecule has 0 aromatic rings. The van der Waals surface area contributed by atoms with Crippen molar-refractivity contribution in [1.29, 1.82) is 5.26 Å². The standard InChI is InChI=1S/C15H26N4O4/c1-10(2)8-11(13(21)17-7-6-16)19-12(20)9-18-14(22)23-15(3,4)5/h10-11H,7-9H2,1-5H3,(H,17,21)(H,18,22)(H,19,20)/t11-/m0/s1. The molecule has 0 aliphatic heterocycles. The van der Waals surface area contributed by atoms with E-state index in [1.54, 1.807) is 26.8 Å². The molecular formula is C15H26N4O4. The maximum atomic E-state index is 11.9. The topological polar surface area (TPSA) is 120 Å². The third kappa shape index (κ3) is 11.0. The molecule has 3 N–H and O–H groups in total. The Hall–Kier alpha value is -2.30. The summed E-state index contributed by atoms with van der Waals surface area (Å²) in [7, 11) is 0. The van der Waals surface area contributed by atoms with E-state index in [0.717, 1.165) is 0 Å². The molecule has 3 amide bonds. The molecule has 0 aromatic carbocycles. The first kappa shape index (κ1) is 20.7. The molecular weight excluding hydrogens is 300 g/mol. The van der Waals surface area contributed by atoms with Crippen LogP contribution in [0, 0.1) is 17.2 Å². The number of ether oxygens (including phenoxy) is 1. The van der Waals surface area contributed by atoms with Gasteiger partial charge in [-0.15, -0.1) is 0 Å². The number of alkyl carbamates (subject to hydrolysis) is 1. The highest BCUT2D eigenvalue weighted by molar-refractivity contribution is 5.89. The van der Waals surface area contributed by atoms with Crippen molar-refractivity contribution in [2.45, 2.75) is 52.7 Å². The molecule has 130 valence electrons. The lowest BCUT2D eigenvalue weighted by Crippen LogP contribution is -2.50. The zero-order valence-electron chi connectivity index (χ0n) is 14.4. The van der Waals surface area contributed by atoms with Crippen molar-refractivity contribution in [3.8, 4) is 6.07 Å².